The molecule has 17 heavy (non-hydrogen) atoms. The molecule has 0 aromatic carbocycles. The number of nitrogens with one attached hydrogen (secondary N) is 1. The normalized spacial score (nSPS) is 18.4. The van der Waals surface area contributed by atoms with Gasteiger partial charge in [0.1, 0.15) is 5.82 Å². The number of hydrogen-bond acceptors (Lipinski definition) is 5. The fraction of sp³-hybridized carbons (Fsp3) is 0.500. The number of aliphatic hydroxyl groups excluding tert-OH is 1. The third-order valence-electron chi connectivity index (χ3n) is 3.03. The minimum Gasteiger partial charge on any atom is -0.394 e. The lowest BCUT2D eigenvalue weighted by Crippen LogP contribution is -2.47. The monoisotopic (exact) mass is 233 g/mol. The van der Waals surface area contributed by atoms with Gasteiger partial charge in [0.05, 0.1) is 23.8 Å². The molecule has 0 saturated carbocycles. The second-order valence-corrected chi connectivity index (χ2v) is 4.22. The summed E-state index contributed by atoms with van der Waals surface area (Å²) in [5.41, 5.74) is 0.182. The number of anilines is 1. The van der Waals surface area contributed by atoms with Crippen LogP contribution in [0.2, 0.25) is 0 Å². The maximum atomic E-state index is 9.52. The standard InChI is InChI=1S/C12H15N3O2/c13-8-10-1-4-14-11(7-10)15-12(9-16)2-5-17-6-3-12/h1,4,7,16H,2-3,5-6,9H2,(H,14,15). The Morgan fingerprint density at radius 3 is 2.94 bits per heavy atom. The van der Waals surface area contributed by atoms with Gasteiger partial charge in [0.25, 0.3) is 0 Å². The molecule has 0 spiro atoms. The van der Waals surface area contributed by atoms with E-state index in [0.29, 0.717) is 24.6 Å². The molecule has 1 aromatic rings. The van der Waals surface area contributed by atoms with Crippen LogP contribution in [0.3, 0.4) is 0 Å². The predicted molar refractivity (Wildman–Crippen MR) is 62.4 cm³/mol. The van der Waals surface area contributed by atoms with Crippen LogP contribution in [0.1, 0.15) is 18.4 Å². The molecular formula is C12H15N3O2. The van der Waals surface area contributed by atoms with E-state index in [9.17, 15) is 5.11 Å². The number of rotatable bonds is 3. The molecule has 1 aliphatic heterocycles. The first-order chi connectivity index (χ1) is 8.28. The van der Waals surface area contributed by atoms with Gasteiger partial charge >= 0.3 is 0 Å². The SMILES string of the molecule is N#Cc1ccnc(NC2(CO)CCOCC2)c1. The van der Waals surface area contributed by atoms with Crippen LogP contribution in [0.4, 0.5) is 5.82 Å². The lowest BCUT2D eigenvalue weighted by Gasteiger charge is -2.36. The molecule has 5 heteroatoms. The van der Waals surface area contributed by atoms with Gasteiger partial charge in [-0.05, 0) is 25.0 Å². The Kier molecular flexibility index (Phi) is 3.57. The summed E-state index contributed by atoms with van der Waals surface area (Å²) in [5.74, 6) is 0.625. The molecule has 1 saturated heterocycles. The summed E-state index contributed by atoms with van der Waals surface area (Å²) in [6, 6.07) is 5.41. The highest BCUT2D eigenvalue weighted by atomic mass is 16.5. The van der Waals surface area contributed by atoms with Gasteiger partial charge in [0.15, 0.2) is 0 Å². The van der Waals surface area contributed by atoms with Gasteiger partial charge in [-0.3, -0.25) is 0 Å². The Morgan fingerprint density at radius 2 is 2.29 bits per heavy atom. The summed E-state index contributed by atoms with van der Waals surface area (Å²) in [7, 11) is 0. The Hall–Kier alpha value is -1.64. The number of aromatic nitrogens is 1. The van der Waals surface area contributed by atoms with Gasteiger partial charge in [-0.2, -0.15) is 5.26 Å². The van der Waals surface area contributed by atoms with Crippen molar-refractivity contribution >= 4 is 5.82 Å². The number of aliphatic hydroxyl groups is 1. The van der Waals surface area contributed by atoms with E-state index in [0.717, 1.165) is 12.8 Å². The number of nitriles is 1. The highest BCUT2D eigenvalue weighted by Gasteiger charge is 2.32. The first-order valence-electron chi connectivity index (χ1n) is 5.61. The van der Waals surface area contributed by atoms with E-state index in [-0.39, 0.29) is 12.1 Å². The Balaban J connectivity index is 2.14. The molecule has 0 aliphatic carbocycles. The van der Waals surface area contributed by atoms with Crippen LogP contribution in [0.15, 0.2) is 18.3 Å². The Labute approximate surface area is 100 Å². The molecule has 0 bridgehead atoms. The number of hydrogen-bond donors (Lipinski definition) is 2. The summed E-state index contributed by atoms with van der Waals surface area (Å²) in [6.07, 6.45) is 3.06. The summed E-state index contributed by atoms with van der Waals surface area (Å²) < 4.78 is 5.29. The third-order valence-corrected chi connectivity index (χ3v) is 3.03. The molecule has 0 unspecified atom stereocenters. The molecule has 0 amide bonds. The average molecular weight is 233 g/mol. The van der Waals surface area contributed by atoms with Crippen LogP contribution in [0, 0.1) is 11.3 Å². The molecule has 1 fully saturated rings. The zero-order valence-corrected chi connectivity index (χ0v) is 9.52. The van der Waals surface area contributed by atoms with E-state index >= 15 is 0 Å². The fourth-order valence-electron chi connectivity index (χ4n) is 1.92. The van der Waals surface area contributed by atoms with Crippen molar-refractivity contribution in [2.24, 2.45) is 0 Å². The van der Waals surface area contributed by atoms with E-state index in [1.807, 2.05) is 0 Å². The molecule has 2 heterocycles. The van der Waals surface area contributed by atoms with Crippen molar-refractivity contribution in [2.75, 3.05) is 25.1 Å². The van der Waals surface area contributed by atoms with E-state index in [2.05, 4.69) is 16.4 Å². The van der Waals surface area contributed by atoms with E-state index < -0.39 is 0 Å². The number of ether oxygens (including phenoxy) is 1. The van der Waals surface area contributed by atoms with Crippen LogP contribution in [0.5, 0.6) is 0 Å². The quantitative estimate of drug-likeness (QED) is 0.811. The maximum Gasteiger partial charge on any atom is 0.127 e. The summed E-state index contributed by atoms with van der Waals surface area (Å²) >= 11 is 0. The van der Waals surface area contributed by atoms with Gasteiger partial charge in [-0.15, -0.1) is 0 Å². The number of nitrogens with zero attached hydrogens (tertiary/aromatic N) is 2. The van der Waals surface area contributed by atoms with Gasteiger partial charge in [0.2, 0.25) is 0 Å². The zero-order valence-electron chi connectivity index (χ0n) is 9.52. The molecule has 0 atom stereocenters. The fourth-order valence-corrected chi connectivity index (χ4v) is 1.92. The molecular weight excluding hydrogens is 218 g/mol. The maximum absolute atomic E-state index is 9.52. The van der Waals surface area contributed by atoms with Crippen molar-refractivity contribution in [2.45, 2.75) is 18.4 Å². The first-order valence-corrected chi connectivity index (χ1v) is 5.61. The predicted octanol–water partition coefficient (Wildman–Crippen LogP) is 0.907. The molecule has 2 N–H and O–H groups in total. The van der Waals surface area contributed by atoms with Crippen LogP contribution in [0.25, 0.3) is 0 Å². The van der Waals surface area contributed by atoms with Gasteiger partial charge in [0, 0.05) is 19.4 Å². The van der Waals surface area contributed by atoms with Crippen molar-refractivity contribution < 1.29 is 9.84 Å². The second kappa shape index (κ2) is 5.13. The Morgan fingerprint density at radius 1 is 1.53 bits per heavy atom. The van der Waals surface area contributed by atoms with Crippen LogP contribution >= 0.6 is 0 Å². The molecule has 1 aliphatic rings. The highest BCUT2D eigenvalue weighted by molar-refractivity contribution is 5.44. The smallest absolute Gasteiger partial charge is 0.127 e. The van der Waals surface area contributed by atoms with Crippen molar-refractivity contribution in [3.63, 3.8) is 0 Å². The second-order valence-electron chi connectivity index (χ2n) is 4.22. The van der Waals surface area contributed by atoms with Crippen LogP contribution < -0.4 is 5.32 Å². The zero-order chi connectivity index (χ0) is 12.1. The molecule has 90 valence electrons. The van der Waals surface area contributed by atoms with E-state index in [1.165, 1.54) is 0 Å². The van der Waals surface area contributed by atoms with Crippen LogP contribution in [-0.2, 0) is 4.74 Å². The van der Waals surface area contributed by atoms with Crippen molar-refractivity contribution in [1.82, 2.24) is 4.98 Å². The average Bonchev–Trinajstić information content (AvgIpc) is 2.40. The lowest BCUT2D eigenvalue weighted by atomic mass is 9.91. The molecule has 0 radical (unpaired) electrons. The van der Waals surface area contributed by atoms with Gasteiger partial charge in [-0.25, -0.2) is 4.98 Å². The van der Waals surface area contributed by atoms with E-state index in [1.54, 1.807) is 18.3 Å². The van der Waals surface area contributed by atoms with Gasteiger partial charge in [-0.1, -0.05) is 0 Å². The van der Waals surface area contributed by atoms with Crippen molar-refractivity contribution in [3.8, 4) is 6.07 Å². The van der Waals surface area contributed by atoms with Crippen LogP contribution in [-0.4, -0.2) is 35.5 Å². The first kappa shape index (κ1) is 11.8. The molecule has 1 aromatic heterocycles. The Bertz CT molecular complexity index is 422. The number of pyridine rings is 1. The van der Waals surface area contributed by atoms with Crippen molar-refractivity contribution in [3.05, 3.63) is 23.9 Å². The van der Waals surface area contributed by atoms with E-state index in [4.69, 9.17) is 10.00 Å². The topological polar surface area (TPSA) is 78.2 Å². The third kappa shape index (κ3) is 2.73. The largest absolute Gasteiger partial charge is 0.394 e. The minimum atomic E-state index is -0.376. The lowest BCUT2D eigenvalue weighted by molar-refractivity contribution is 0.0378. The van der Waals surface area contributed by atoms with Crippen molar-refractivity contribution in [1.29, 1.82) is 5.26 Å². The summed E-state index contributed by atoms with van der Waals surface area (Å²) in [5, 5.41) is 21.6. The summed E-state index contributed by atoms with van der Waals surface area (Å²) in [4.78, 5) is 4.16. The molecule has 2 rings (SSSR count). The minimum absolute atomic E-state index is 0.0365. The summed E-state index contributed by atoms with van der Waals surface area (Å²) in [6.45, 7) is 1.30. The molecule has 5 nitrogen and oxygen atoms in total. The highest BCUT2D eigenvalue weighted by Crippen LogP contribution is 2.24. The van der Waals surface area contributed by atoms with Gasteiger partial charge < -0.3 is 15.2 Å².